The number of aromatic nitrogens is 12. The molecule has 12 heterocycles. The smallest absolute Gasteiger partial charge is 0.663 e. The van der Waals surface area contributed by atoms with Gasteiger partial charge in [-0.3, -0.25) is 49.9 Å². The van der Waals surface area contributed by atoms with Crippen molar-refractivity contribution in [2.24, 2.45) is 54.6 Å². The van der Waals surface area contributed by atoms with Crippen LogP contribution in [0.4, 0.5) is 0 Å². The zero-order chi connectivity index (χ0) is 82.1. The van der Waals surface area contributed by atoms with Crippen LogP contribution < -0.4 is 59.8 Å². The normalized spacial score (nSPS) is 10.8. The molecule has 24 nitrogen and oxygen atoms in total. The molecule has 0 aliphatic rings. The monoisotopic (exact) mass is 1840 g/mol. The van der Waals surface area contributed by atoms with E-state index in [9.17, 15) is 0 Å². The summed E-state index contributed by atoms with van der Waals surface area (Å²) in [4.78, 5) is 88.3. The van der Waals surface area contributed by atoms with Crippen molar-refractivity contribution in [3.8, 4) is 0 Å². The Morgan fingerprint density at radius 1 is 0.291 bits per heavy atom. The van der Waals surface area contributed by atoms with Crippen LogP contribution in [0.3, 0.4) is 0 Å². The van der Waals surface area contributed by atoms with Crippen LogP contribution in [-0.4, -0.2) is 147 Å². The van der Waals surface area contributed by atoms with Crippen LogP contribution in [0.2, 0.25) is 19.6 Å². The third-order valence-corrected chi connectivity index (χ3v) is 12.7. The van der Waals surface area contributed by atoms with E-state index in [4.69, 9.17) is 5.41 Å². The van der Waals surface area contributed by atoms with Gasteiger partial charge in [0.05, 0.1) is 16.6 Å². The molecule has 0 aliphatic carbocycles. The molecule has 0 saturated heterocycles. The molecular weight excluding hydrogens is 1730 g/mol. The fourth-order valence-corrected chi connectivity index (χ4v) is 7.37. The van der Waals surface area contributed by atoms with Gasteiger partial charge in [0.1, 0.15) is 0 Å². The van der Waals surface area contributed by atoms with E-state index < -0.39 is 8.24 Å². The number of nitrogens with zero attached hydrogens (tertiary/aromatic N) is 23. The molecule has 0 amide bonds. The zero-order valence-corrected chi connectivity index (χ0v) is 78.8. The number of hydrogen-bond acceptors (Lipinski definition) is 12. The molecule has 0 aromatic carbocycles. The van der Waals surface area contributed by atoms with E-state index in [1.807, 2.05) is 167 Å². The van der Waals surface area contributed by atoms with Gasteiger partial charge in [0, 0.05) is 116 Å². The van der Waals surface area contributed by atoms with E-state index in [0.29, 0.717) is 6.04 Å². The summed E-state index contributed by atoms with van der Waals surface area (Å²) in [6.45, 7) is 34.9. The standard InChI is InChI=1S/3C9H13N2.C8H13N2Si.C8H11N2.2C7H9N2.4C6H7N2.C5H5N2.6Mn/c3*1-9(2,3)11-7-8-5-4-6-10-8;1-11(2,3)10-7-8-5-4-6-9-8;1-7(2)10-6-8-4-3-5-9-8;2*1-2-8-6-7-4-3-5-9-7;4*1-7-5-6-3-2-4-8-6;6-4-5-2-1-3-7-5;;;;;;/h4*4-7H,1-3H3;3-7H,1-2H3;2*3-6H,2H2,1H3;4*2-5H,1H3;1-4,6H;;;;;;/q12*-1;6*+2. The van der Waals surface area contributed by atoms with Gasteiger partial charge in [-0.1, -0.05) is 146 Å². The summed E-state index contributed by atoms with van der Waals surface area (Å²) in [6.07, 6.45) is 41.8. The molecule has 1 N–H and O–H groups in total. The summed E-state index contributed by atoms with van der Waals surface area (Å²) in [5.74, 6) is 0. The Labute approximate surface area is 760 Å². The summed E-state index contributed by atoms with van der Waals surface area (Å²) in [6, 6.07) is 46.1. The molecule has 12 aromatic heterocycles. The van der Waals surface area contributed by atoms with Crippen LogP contribution >= 0.6 is 0 Å². The van der Waals surface area contributed by atoms with E-state index in [-0.39, 0.29) is 119 Å². The first-order chi connectivity index (χ1) is 53.1. The minimum atomic E-state index is -1.28. The molecule has 0 atom stereocenters. The Hall–Kier alpha value is -9.27. The van der Waals surface area contributed by atoms with Gasteiger partial charge < -0.3 is 69.9 Å². The summed E-state index contributed by atoms with van der Waals surface area (Å²) < 4.78 is 4.45. The predicted octanol–water partition coefficient (Wildman–Crippen LogP) is 14.5. The van der Waals surface area contributed by atoms with E-state index in [1.165, 1.54) is 6.21 Å². The van der Waals surface area contributed by atoms with Crippen molar-refractivity contribution in [3.63, 3.8) is 0 Å². The molecule has 624 valence electrons. The first-order valence-electron chi connectivity index (χ1n) is 36.0. The van der Waals surface area contributed by atoms with Crippen molar-refractivity contribution in [2.45, 2.75) is 132 Å². The van der Waals surface area contributed by atoms with Gasteiger partial charge >= 0.3 is 102 Å². The fraction of sp³-hybridized carbons (Fsp3) is 0.302. The number of hydrogen-bond donors (Lipinski definition) is 1. The average molecular weight is 1840 g/mol. The van der Waals surface area contributed by atoms with Gasteiger partial charge in [0.25, 0.3) is 0 Å². The van der Waals surface area contributed by atoms with Crippen LogP contribution in [-0.2, 0) is 102 Å². The minimum absolute atomic E-state index is 0. The number of nitrogens with one attached hydrogen (secondary N) is 1. The minimum Gasteiger partial charge on any atom is -0.663 e. The Kier molecular flexibility index (Phi) is 75.3. The van der Waals surface area contributed by atoms with Crippen LogP contribution in [0.25, 0.3) is 0 Å². The Balaban J connectivity index is -0.000000287. The second-order valence-electron chi connectivity index (χ2n) is 26.8. The van der Waals surface area contributed by atoms with Crippen LogP contribution in [0, 0.1) is 5.41 Å². The quantitative estimate of drug-likeness (QED) is 0.0697. The van der Waals surface area contributed by atoms with Crippen molar-refractivity contribution in [2.75, 3.05) is 41.3 Å². The van der Waals surface area contributed by atoms with Gasteiger partial charge in [0.2, 0.25) is 0 Å². The van der Waals surface area contributed by atoms with E-state index in [0.717, 1.165) is 81.4 Å². The molecule has 0 spiro atoms. The largest absolute Gasteiger partial charge is 2.00 e. The molecular formula is C86H114Mn6N24Si. The molecule has 0 fully saturated rings. The molecule has 12 rings (SSSR count). The summed E-state index contributed by atoms with van der Waals surface area (Å²) in [7, 11) is 5.64. The number of rotatable bonds is 16. The maximum absolute atomic E-state index is 6.67. The SMILES string of the molecule is CC(C)(C)N=Cc1ccc[n-]1.CC(C)(C)N=Cc1ccc[n-]1.CC(C)(C)N=Cc1ccc[n-]1.CC(C)N=Cc1ccc[n-]1.CCN=Cc1ccc[n-]1.CCN=Cc1ccc[n-]1.CN=Cc1ccc[n-]1.CN=Cc1ccc[n-]1.CN=Cc1ccc[n-]1.CN=Cc1ccc[n-]1.C[Si](C)(C)N=Cc1ccc[n-]1.N=Cc1ccc[n-]1.[Mn+2].[Mn+2].[Mn+2].[Mn+2].[Mn+2].[Mn+2]. The van der Waals surface area contributed by atoms with E-state index in [1.54, 1.807) is 177 Å². The molecule has 0 bridgehead atoms. The van der Waals surface area contributed by atoms with Crippen LogP contribution in [0.1, 0.15) is 158 Å². The third-order valence-electron chi connectivity index (χ3n) is 11.8. The molecule has 117 heavy (non-hydrogen) atoms. The van der Waals surface area contributed by atoms with Gasteiger partial charge in [0.15, 0.2) is 8.24 Å². The van der Waals surface area contributed by atoms with Crippen LogP contribution in [0.5, 0.6) is 0 Å². The Morgan fingerprint density at radius 2 is 0.470 bits per heavy atom. The molecule has 31 heteroatoms. The molecule has 0 saturated carbocycles. The van der Waals surface area contributed by atoms with Gasteiger partial charge in [-0.25, -0.2) is 0 Å². The summed E-state index contributed by atoms with van der Waals surface area (Å²) >= 11 is 0. The Morgan fingerprint density at radius 3 is 0.615 bits per heavy atom. The van der Waals surface area contributed by atoms with E-state index >= 15 is 0 Å². The molecule has 0 unspecified atom stereocenters. The van der Waals surface area contributed by atoms with Crippen molar-refractivity contribution in [3.05, 3.63) is 288 Å². The summed E-state index contributed by atoms with van der Waals surface area (Å²) in [5.41, 5.74) is 11.0. The third kappa shape index (κ3) is 74.1. The first kappa shape index (κ1) is 119. The predicted molar refractivity (Wildman–Crippen MR) is 471 cm³/mol. The average Bonchev–Trinajstić information content (AvgIpc) is 1.77. The van der Waals surface area contributed by atoms with E-state index in [2.05, 4.69) is 196 Å². The first-order valence-corrected chi connectivity index (χ1v) is 39.4. The van der Waals surface area contributed by atoms with Crippen molar-refractivity contribution >= 4 is 82.8 Å². The summed E-state index contributed by atoms with van der Waals surface area (Å²) in [5, 5.41) is 6.67. The molecule has 6 radical (unpaired) electrons. The van der Waals surface area contributed by atoms with Crippen molar-refractivity contribution in [1.29, 1.82) is 5.41 Å². The topological polar surface area (TPSA) is 329 Å². The molecule has 12 aromatic rings. The van der Waals surface area contributed by atoms with Gasteiger partial charge in [-0.15, -0.1) is 68.3 Å². The van der Waals surface area contributed by atoms with Crippen molar-refractivity contribution < 1.29 is 102 Å². The molecule has 0 aliphatic heterocycles. The second kappa shape index (κ2) is 74.3. The Bertz CT molecular complexity index is 3860. The fourth-order valence-electron chi connectivity index (χ4n) is 6.85. The number of aliphatic imine (C=N–C) groups is 10. The van der Waals surface area contributed by atoms with Crippen molar-refractivity contribution in [1.82, 2.24) is 59.8 Å². The van der Waals surface area contributed by atoms with Crippen LogP contribution in [0.15, 0.2) is 275 Å². The maximum atomic E-state index is 6.67. The van der Waals surface area contributed by atoms with Gasteiger partial charge in [-0.05, 0) is 116 Å². The van der Waals surface area contributed by atoms with Gasteiger partial charge in [-0.2, -0.15) is 74.4 Å². The second-order valence-corrected chi connectivity index (χ2v) is 31.4. The maximum Gasteiger partial charge on any atom is 2.00 e. The zero-order valence-electron chi connectivity index (χ0n) is 70.8.